The molecule has 0 aliphatic carbocycles. The number of ether oxygens (including phenoxy) is 1. The summed E-state index contributed by atoms with van der Waals surface area (Å²) in [7, 11) is 0.0496. The van der Waals surface area contributed by atoms with E-state index in [-0.39, 0.29) is 6.04 Å². The molecular formula is C9H22N2O3S. The minimum Gasteiger partial charge on any atom is -0.383 e. The summed E-state index contributed by atoms with van der Waals surface area (Å²) >= 11 is 0. The van der Waals surface area contributed by atoms with Crippen molar-refractivity contribution in [3.8, 4) is 0 Å². The van der Waals surface area contributed by atoms with Crippen LogP contribution in [0.1, 0.15) is 20.3 Å². The Hall–Kier alpha value is -0.170. The highest BCUT2D eigenvalue weighted by molar-refractivity contribution is 7.90. The first-order valence-corrected chi connectivity index (χ1v) is 6.67. The van der Waals surface area contributed by atoms with Gasteiger partial charge in [0.15, 0.2) is 0 Å². The van der Waals surface area contributed by atoms with Gasteiger partial charge >= 0.3 is 0 Å². The monoisotopic (exact) mass is 238 g/mol. The Morgan fingerprint density at radius 1 is 1.40 bits per heavy atom. The van der Waals surface area contributed by atoms with Gasteiger partial charge in [0.25, 0.3) is 0 Å². The smallest absolute Gasteiger partial charge is 0.215 e. The summed E-state index contributed by atoms with van der Waals surface area (Å²) in [5, 5.41) is 2.41. The van der Waals surface area contributed by atoms with E-state index in [4.69, 9.17) is 4.74 Å². The van der Waals surface area contributed by atoms with Crippen molar-refractivity contribution in [2.45, 2.75) is 31.6 Å². The molecule has 15 heavy (non-hydrogen) atoms. The molecule has 2 unspecified atom stereocenters. The fourth-order valence-electron chi connectivity index (χ4n) is 1.18. The Kier molecular flexibility index (Phi) is 7.08. The molecule has 0 bridgehead atoms. The van der Waals surface area contributed by atoms with Crippen LogP contribution in [0, 0.1) is 0 Å². The second-order valence-electron chi connectivity index (χ2n) is 3.59. The van der Waals surface area contributed by atoms with Gasteiger partial charge in [-0.05, 0) is 20.4 Å². The maximum atomic E-state index is 11.8. The number of sulfonamides is 1. The van der Waals surface area contributed by atoms with Crippen LogP contribution in [-0.2, 0) is 14.8 Å². The highest BCUT2D eigenvalue weighted by atomic mass is 32.2. The van der Waals surface area contributed by atoms with Crippen molar-refractivity contribution in [2.24, 2.45) is 0 Å². The second-order valence-corrected chi connectivity index (χ2v) is 5.72. The predicted molar refractivity (Wildman–Crippen MR) is 61.4 cm³/mol. The van der Waals surface area contributed by atoms with Gasteiger partial charge in [-0.2, -0.15) is 0 Å². The largest absolute Gasteiger partial charge is 0.383 e. The summed E-state index contributed by atoms with van der Waals surface area (Å²) in [6, 6.07) is -0.140. The van der Waals surface area contributed by atoms with E-state index >= 15 is 0 Å². The molecule has 0 aliphatic heterocycles. The summed E-state index contributed by atoms with van der Waals surface area (Å²) in [6.07, 6.45) is 0.722. The quantitative estimate of drug-likeness (QED) is 0.621. The van der Waals surface area contributed by atoms with E-state index in [0.717, 1.165) is 6.42 Å². The molecule has 5 nitrogen and oxygen atoms in total. The van der Waals surface area contributed by atoms with E-state index in [9.17, 15) is 8.42 Å². The molecule has 0 aliphatic rings. The van der Waals surface area contributed by atoms with Crippen LogP contribution in [0.5, 0.6) is 0 Å². The normalized spacial score (nSPS) is 16.3. The Morgan fingerprint density at radius 3 is 2.40 bits per heavy atom. The third-order valence-corrected chi connectivity index (χ3v) is 4.10. The lowest BCUT2D eigenvalue weighted by molar-refractivity contribution is 0.173. The van der Waals surface area contributed by atoms with Gasteiger partial charge in [-0.3, -0.25) is 0 Å². The summed E-state index contributed by atoms with van der Waals surface area (Å²) in [4.78, 5) is 0. The van der Waals surface area contributed by atoms with Crippen LogP contribution in [0.2, 0.25) is 0 Å². The summed E-state index contributed by atoms with van der Waals surface area (Å²) in [6.45, 7) is 4.45. The van der Waals surface area contributed by atoms with Crippen molar-refractivity contribution in [1.29, 1.82) is 0 Å². The molecule has 0 saturated heterocycles. The van der Waals surface area contributed by atoms with Gasteiger partial charge in [-0.25, -0.2) is 13.1 Å². The molecule has 2 N–H and O–H groups in total. The number of hydrogen-bond donors (Lipinski definition) is 2. The predicted octanol–water partition coefficient (Wildman–Crippen LogP) is -0.0613. The minimum atomic E-state index is -3.25. The highest BCUT2D eigenvalue weighted by Crippen LogP contribution is 2.01. The Bertz CT molecular complexity index is 254. The average molecular weight is 238 g/mol. The van der Waals surface area contributed by atoms with Crippen LogP contribution >= 0.6 is 0 Å². The molecule has 0 amide bonds. The molecule has 0 heterocycles. The van der Waals surface area contributed by atoms with E-state index in [1.807, 2.05) is 6.92 Å². The van der Waals surface area contributed by atoms with Crippen molar-refractivity contribution in [2.75, 3.05) is 27.3 Å². The fraction of sp³-hybridized carbons (Fsp3) is 1.00. The molecule has 0 aromatic heterocycles. The molecule has 0 aromatic rings. The van der Waals surface area contributed by atoms with Crippen LogP contribution in [0.15, 0.2) is 0 Å². The van der Waals surface area contributed by atoms with E-state index in [0.29, 0.717) is 13.2 Å². The van der Waals surface area contributed by atoms with Gasteiger partial charge in [-0.1, -0.05) is 6.92 Å². The lowest BCUT2D eigenvalue weighted by Crippen LogP contribution is -2.44. The van der Waals surface area contributed by atoms with E-state index in [2.05, 4.69) is 10.0 Å². The first-order chi connectivity index (χ1) is 6.97. The maximum Gasteiger partial charge on any atom is 0.215 e. The first-order valence-electron chi connectivity index (χ1n) is 5.12. The van der Waals surface area contributed by atoms with Crippen LogP contribution in [0.4, 0.5) is 0 Å². The van der Waals surface area contributed by atoms with Crippen LogP contribution in [-0.4, -0.2) is 47.0 Å². The molecule has 0 saturated carbocycles. The maximum absolute atomic E-state index is 11.8. The van der Waals surface area contributed by atoms with Crippen LogP contribution in [0.25, 0.3) is 0 Å². The molecule has 6 heteroatoms. The lowest BCUT2D eigenvalue weighted by Gasteiger charge is -2.19. The number of methoxy groups -OCH3 is 1. The zero-order chi connectivity index (χ0) is 11.9. The van der Waals surface area contributed by atoms with Crippen molar-refractivity contribution >= 4 is 10.0 Å². The van der Waals surface area contributed by atoms with E-state index < -0.39 is 15.3 Å². The molecule has 2 atom stereocenters. The number of rotatable bonds is 8. The summed E-state index contributed by atoms with van der Waals surface area (Å²) < 4.78 is 31.1. The molecule has 0 spiro atoms. The van der Waals surface area contributed by atoms with Gasteiger partial charge in [-0.15, -0.1) is 0 Å². The van der Waals surface area contributed by atoms with Gasteiger partial charge in [0.1, 0.15) is 0 Å². The van der Waals surface area contributed by atoms with E-state index in [1.165, 1.54) is 0 Å². The van der Waals surface area contributed by atoms with Gasteiger partial charge in [0, 0.05) is 19.7 Å². The van der Waals surface area contributed by atoms with Crippen molar-refractivity contribution in [3.63, 3.8) is 0 Å². The van der Waals surface area contributed by atoms with Crippen molar-refractivity contribution in [1.82, 2.24) is 10.0 Å². The molecular weight excluding hydrogens is 216 g/mol. The van der Waals surface area contributed by atoms with Crippen LogP contribution in [0.3, 0.4) is 0 Å². The average Bonchev–Trinajstić information content (AvgIpc) is 2.17. The Balaban J connectivity index is 4.33. The zero-order valence-electron chi connectivity index (χ0n) is 9.91. The molecule has 0 aromatic carbocycles. The lowest BCUT2D eigenvalue weighted by atomic mass is 10.3. The topological polar surface area (TPSA) is 67.4 Å². The zero-order valence-corrected chi connectivity index (χ0v) is 10.7. The summed E-state index contributed by atoms with van der Waals surface area (Å²) in [5.41, 5.74) is 0. The molecule has 92 valence electrons. The first kappa shape index (κ1) is 14.8. The number of hydrogen-bond acceptors (Lipinski definition) is 4. The Morgan fingerprint density at radius 2 is 2.00 bits per heavy atom. The number of nitrogens with one attached hydrogen (secondary N) is 2. The third-order valence-electron chi connectivity index (χ3n) is 2.21. The van der Waals surface area contributed by atoms with Crippen LogP contribution < -0.4 is 10.0 Å². The van der Waals surface area contributed by atoms with Crippen molar-refractivity contribution in [3.05, 3.63) is 0 Å². The minimum absolute atomic E-state index is 0.140. The van der Waals surface area contributed by atoms with E-state index in [1.54, 1.807) is 21.1 Å². The van der Waals surface area contributed by atoms with Crippen molar-refractivity contribution < 1.29 is 13.2 Å². The SMILES string of the molecule is CCC(COC)NS(=O)(=O)C(C)CNC. The van der Waals surface area contributed by atoms with Gasteiger partial charge < -0.3 is 10.1 Å². The summed E-state index contributed by atoms with van der Waals surface area (Å²) in [5.74, 6) is 0. The van der Waals surface area contributed by atoms with Gasteiger partial charge in [0.05, 0.1) is 11.9 Å². The molecule has 0 rings (SSSR count). The van der Waals surface area contributed by atoms with Gasteiger partial charge in [0.2, 0.25) is 10.0 Å². The Labute approximate surface area is 92.6 Å². The molecule has 0 radical (unpaired) electrons. The third kappa shape index (κ3) is 5.46. The second kappa shape index (κ2) is 7.16. The highest BCUT2D eigenvalue weighted by Gasteiger charge is 2.22. The molecule has 0 fully saturated rings. The standard InChI is InChI=1S/C9H22N2O3S/c1-5-9(7-14-4)11-15(12,13)8(2)6-10-3/h8-11H,5-7H2,1-4H3. The fourth-order valence-corrected chi connectivity index (χ4v) is 2.50.